The van der Waals surface area contributed by atoms with E-state index in [0.717, 1.165) is 28.6 Å². The third kappa shape index (κ3) is 1.14. The lowest BCUT2D eigenvalue weighted by Crippen LogP contribution is -2.31. The molecule has 2 rings (SSSR count). The summed E-state index contributed by atoms with van der Waals surface area (Å²) in [6.45, 7) is 2.96. The monoisotopic (exact) mass is 179 g/mol. The maximum atomic E-state index is 6.02. The third-order valence-corrected chi connectivity index (χ3v) is 2.44. The minimum atomic E-state index is 0.819. The number of rotatable bonds is 0. The fourth-order valence-electron chi connectivity index (χ4n) is 1.48. The predicted molar refractivity (Wildman–Crippen MR) is 50.9 cm³/mol. The molecule has 0 saturated heterocycles. The van der Waals surface area contributed by atoms with Crippen LogP contribution in [0.1, 0.15) is 12.0 Å². The van der Waals surface area contributed by atoms with Crippen LogP contribution in [0.3, 0.4) is 0 Å². The van der Waals surface area contributed by atoms with Gasteiger partial charge in [0.1, 0.15) is 0 Å². The molecule has 0 saturated carbocycles. The summed E-state index contributed by atoms with van der Waals surface area (Å²) in [6.07, 6.45) is 3.17. The van der Waals surface area contributed by atoms with Gasteiger partial charge in [0.25, 0.3) is 0 Å². The van der Waals surface area contributed by atoms with Gasteiger partial charge < -0.3 is 0 Å². The topological polar surface area (TPSA) is 12.4 Å². The lowest BCUT2D eigenvalue weighted by atomic mass is 10.1. The zero-order chi connectivity index (χ0) is 8.55. The highest BCUT2D eigenvalue weighted by atomic mass is 35.5. The first kappa shape index (κ1) is 7.81. The zero-order valence-electron chi connectivity index (χ0n) is 6.97. The third-order valence-electron chi connectivity index (χ3n) is 2.11. The molecule has 0 fully saturated rings. The second kappa shape index (κ2) is 2.91. The molecule has 0 amide bonds. The van der Waals surface area contributed by atoms with Crippen LogP contribution in [0.15, 0.2) is 17.1 Å². The quantitative estimate of drug-likeness (QED) is 0.572. The Balaban J connectivity index is 2.92. The van der Waals surface area contributed by atoms with E-state index in [4.69, 9.17) is 11.6 Å². The Morgan fingerprint density at radius 3 is 3.00 bits per heavy atom. The van der Waals surface area contributed by atoms with E-state index in [0.29, 0.717) is 0 Å². The number of fused-ring (bicyclic) bond motifs is 1. The molecule has 1 heterocycles. The number of hydrogen-bond acceptors (Lipinski definition) is 1. The van der Waals surface area contributed by atoms with Crippen molar-refractivity contribution in [2.24, 2.45) is 4.99 Å². The van der Waals surface area contributed by atoms with Crippen LogP contribution in [-0.4, -0.2) is 6.54 Å². The van der Waals surface area contributed by atoms with Crippen molar-refractivity contribution >= 4 is 17.7 Å². The van der Waals surface area contributed by atoms with Crippen LogP contribution in [0.2, 0.25) is 5.02 Å². The molecule has 2 heteroatoms. The summed E-state index contributed by atoms with van der Waals surface area (Å²) in [4.78, 5) is 4.44. The predicted octanol–water partition coefficient (Wildman–Crippen LogP) is 1.45. The number of hydrogen-bond donors (Lipinski definition) is 0. The van der Waals surface area contributed by atoms with Crippen LogP contribution in [0.25, 0.3) is 6.08 Å². The van der Waals surface area contributed by atoms with Crippen molar-refractivity contribution < 1.29 is 0 Å². The van der Waals surface area contributed by atoms with E-state index in [-0.39, 0.29) is 0 Å². The molecular weight excluding hydrogens is 170 g/mol. The summed E-state index contributed by atoms with van der Waals surface area (Å²) >= 11 is 6.02. The molecule has 0 atom stereocenters. The fourth-order valence-corrected chi connectivity index (χ4v) is 1.71. The van der Waals surface area contributed by atoms with Crippen LogP contribution in [0.4, 0.5) is 0 Å². The van der Waals surface area contributed by atoms with E-state index >= 15 is 0 Å². The second-order valence-electron chi connectivity index (χ2n) is 3.00. The highest BCUT2D eigenvalue weighted by Gasteiger charge is 2.00. The molecule has 1 aromatic rings. The molecule has 0 radical (unpaired) electrons. The summed E-state index contributed by atoms with van der Waals surface area (Å²) in [6, 6.07) is 3.96. The Morgan fingerprint density at radius 1 is 1.42 bits per heavy atom. The normalized spacial score (nSPS) is 14.5. The van der Waals surface area contributed by atoms with Crippen molar-refractivity contribution in [3.05, 3.63) is 33.3 Å². The van der Waals surface area contributed by atoms with Gasteiger partial charge in [0.05, 0.1) is 5.36 Å². The van der Waals surface area contributed by atoms with Crippen LogP contribution >= 0.6 is 11.6 Å². The molecule has 1 nitrogen and oxygen atoms in total. The first-order chi connectivity index (χ1) is 5.79. The van der Waals surface area contributed by atoms with E-state index in [1.54, 1.807) is 0 Å². The highest BCUT2D eigenvalue weighted by Crippen LogP contribution is 2.01. The molecule has 62 valence electrons. The van der Waals surface area contributed by atoms with Crippen molar-refractivity contribution in [3.8, 4) is 0 Å². The van der Waals surface area contributed by atoms with E-state index in [1.165, 1.54) is 5.56 Å². The SMILES string of the molecule is Cc1ccc(Cl)c2c1=NCCC=2. The van der Waals surface area contributed by atoms with Crippen molar-refractivity contribution in [2.75, 3.05) is 6.54 Å². The maximum Gasteiger partial charge on any atom is 0.0687 e. The Bertz CT molecular complexity index is 379. The van der Waals surface area contributed by atoms with E-state index in [2.05, 4.69) is 18.0 Å². The number of halogens is 1. The summed E-state index contributed by atoms with van der Waals surface area (Å²) < 4.78 is 0. The number of aryl methyl sites for hydroxylation is 1. The van der Waals surface area contributed by atoms with Gasteiger partial charge >= 0.3 is 0 Å². The van der Waals surface area contributed by atoms with Crippen molar-refractivity contribution in [3.63, 3.8) is 0 Å². The van der Waals surface area contributed by atoms with E-state index < -0.39 is 0 Å². The summed E-state index contributed by atoms with van der Waals surface area (Å²) in [5, 5.41) is 3.01. The van der Waals surface area contributed by atoms with Gasteiger partial charge in [-0.3, -0.25) is 4.99 Å². The average molecular weight is 180 g/mol. The first-order valence-electron chi connectivity index (χ1n) is 4.09. The van der Waals surface area contributed by atoms with Gasteiger partial charge in [0.2, 0.25) is 0 Å². The van der Waals surface area contributed by atoms with E-state index in [9.17, 15) is 0 Å². The van der Waals surface area contributed by atoms with Crippen LogP contribution < -0.4 is 10.6 Å². The zero-order valence-corrected chi connectivity index (χ0v) is 7.73. The lowest BCUT2D eigenvalue weighted by Gasteiger charge is -2.03. The largest absolute Gasteiger partial charge is 0.284 e. The average Bonchev–Trinajstić information content (AvgIpc) is 2.12. The van der Waals surface area contributed by atoms with Crippen molar-refractivity contribution in [1.29, 1.82) is 0 Å². The second-order valence-corrected chi connectivity index (χ2v) is 3.41. The van der Waals surface area contributed by atoms with E-state index in [1.807, 2.05) is 12.1 Å². The Kier molecular flexibility index (Phi) is 1.89. The smallest absolute Gasteiger partial charge is 0.0687 e. The minimum Gasteiger partial charge on any atom is -0.284 e. The van der Waals surface area contributed by atoms with Gasteiger partial charge in [0.15, 0.2) is 0 Å². The van der Waals surface area contributed by atoms with Crippen molar-refractivity contribution in [2.45, 2.75) is 13.3 Å². The lowest BCUT2D eigenvalue weighted by molar-refractivity contribution is 0.951. The molecular formula is C10H10ClN. The van der Waals surface area contributed by atoms with Crippen LogP contribution in [0.5, 0.6) is 0 Å². The molecule has 0 N–H and O–H groups in total. The molecule has 1 aliphatic rings. The van der Waals surface area contributed by atoms with Gasteiger partial charge in [0, 0.05) is 16.8 Å². The molecule has 1 aromatic carbocycles. The minimum absolute atomic E-state index is 0.819. The standard InChI is InChI=1S/C10H10ClN/c1-7-4-5-9(11)8-3-2-6-12-10(7)8/h3-5H,2,6H2,1H3. The van der Waals surface area contributed by atoms with Crippen LogP contribution in [0, 0.1) is 6.92 Å². The molecule has 0 aliphatic carbocycles. The van der Waals surface area contributed by atoms with Crippen LogP contribution in [-0.2, 0) is 0 Å². The first-order valence-corrected chi connectivity index (χ1v) is 4.46. The molecule has 0 aromatic heterocycles. The summed E-state index contributed by atoms with van der Waals surface area (Å²) in [7, 11) is 0. The summed E-state index contributed by atoms with van der Waals surface area (Å²) in [5.74, 6) is 0. The Labute approximate surface area is 76.4 Å². The molecule has 12 heavy (non-hydrogen) atoms. The molecule has 1 aliphatic heterocycles. The van der Waals surface area contributed by atoms with Gasteiger partial charge in [-0.25, -0.2) is 0 Å². The van der Waals surface area contributed by atoms with Gasteiger partial charge in [-0.05, 0) is 25.0 Å². The molecule has 0 spiro atoms. The number of benzene rings is 1. The van der Waals surface area contributed by atoms with Gasteiger partial charge in [-0.15, -0.1) is 0 Å². The molecule has 0 bridgehead atoms. The molecule has 0 unspecified atom stereocenters. The summed E-state index contributed by atoms with van der Waals surface area (Å²) in [5.41, 5.74) is 1.21. The Hall–Kier alpha value is -0.820. The van der Waals surface area contributed by atoms with Gasteiger partial charge in [-0.1, -0.05) is 23.7 Å². The number of nitrogens with zero attached hydrogens (tertiary/aromatic N) is 1. The fraction of sp³-hybridized carbons (Fsp3) is 0.300. The maximum absolute atomic E-state index is 6.02. The van der Waals surface area contributed by atoms with Crippen molar-refractivity contribution in [1.82, 2.24) is 0 Å². The Morgan fingerprint density at radius 2 is 2.25 bits per heavy atom. The van der Waals surface area contributed by atoms with Gasteiger partial charge in [-0.2, -0.15) is 0 Å². The highest BCUT2D eigenvalue weighted by molar-refractivity contribution is 6.30.